The maximum atomic E-state index is 2.51. The van der Waals surface area contributed by atoms with Gasteiger partial charge in [0, 0.05) is 73.1 Å². The number of hydrogen-bond acceptors (Lipinski definition) is 6. The van der Waals surface area contributed by atoms with Crippen LogP contribution in [0, 0.1) is 27.7 Å². The molecular weight excluding hydrogens is 985 g/mol. The second-order valence-electron chi connectivity index (χ2n) is 19.8. The topological polar surface area (TPSA) is 6.48 Å². The van der Waals surface area contributed by atoms with Crippen LogP contribution in [-0.4, -0.2) is 0 Å². The molecule has 0 aliphatic heterocycles. The van der Waals surface area contributed by atoms with Crippen LogP contribution in [0.25, 0.3) is 64.0 Å². The predicted octanol–water partition coefficient (Wildman–Crippen LogP) is 21.1. The minimum absolute atomic E-state index is 0.592. The van der Waals surface area contributed by atoms with Gasteiger partial charge in [-0.2, -0.15) is 0 Å². The highest BCUT2D eigenvalue weighted by Gasteiger charge is 2.52. The Morgan fingerprint density at radius 2 is 0.520 bits per heavy atom. The third-order valence-corrected chi connectivity index (χ3v) is 19.4. The van der Waals surface area contributed by atoms with Crippen molar-refractivity contribution in [3.63, 3.8) is 0 Å². The molecule has 0 saturated heterocycles. The Labute approximate surface area is 455 Å². The molecular formula is C69H50N2S4. The maximum absolute atomic E-state index is 2.51. The first kappa shape index (κ1) is 45.7. The number of hydrogen-bond donors (Lipinski definition) is 0. The van der Waals surface area contributed by atoms with Gasteiger partial charge in [-0.05, 0) is 216 Å². The molecule has 0 unspecified atom stereocenters. The number of fused-ring (bicyclic) bond motifs is 10. The van der Waals surface area contributed by atoms with Crippen LogP contribution < -0.4 is 9.80 Å². The average molecular weight is 1040 g/mol. The molecule has 0 radical (unpaired) electrons. The van der Waals surface area contributed by atoms with Crippen LogP contribution in [0.4, 0.5) is 34.1 Å². The molecule has 1 spiro atoms. The molecule has 0 bridgehead atoms. The van der Waals surface area contributed by atoms with Gasteiger partial charge in [-0.1, -0.05) is 109 Å². The van der Waals surface area contributed by atoms with E-state index in [2.05, 4.69) is 268 Å². The third-order valence-electron chi connectivity index (χ3n) is 15.2. The minimum Gasteiger partial charge on any atom is -0.310 e. The van der Waals surface area contributed by atoms with Gasteiger partial charge < -0.3 is 9.80 Å². The Morgan fingerprint density at radius 3 is 0.800 bits per heavy atom. The van der Waals surface area contributed by atoms with E-state index in [1.807, 2.05) is 45.3 Å². The Morgan fingerprint density at radius 1 is 0.253 bits per heavy atom. The van der Waals surface area contributed by atoms with Gasteiger partial charge in [0.15, 0.2) is 0 Å². The van der Waals surface area contributed by atoms with Crippen molar-refractivity contribution in [2.45, 2.75) is 33.1 Å². The van der Waals surface area contributed by atoms with E-state index in [-0.39, 0.29) is 0 Å². The van der Waals surface area contributed by atoms with Crippen molar-refractivity contribution in [1.29, 1.82) is 0 Å². The van der Waals surface area contributed by atoms with Gasteiger partial charge >= 0.3 is 0 Å². The zero-order valence-corrected chi connectivity index (χ0v) is 45.2. The average Bonchev–Trinajstić information content (AvgIpc) is 4.53. The van der Waals surface area contributed by atoms with Crippen molar-refractivity contribution in [1.82, 2.24) is 0 Å². The summed E-state index contributed by atoms with van der Waals surface area (Å²) in [4.78, 5) is 15.3. The molecule has 0 atom stereocenters. The zero-order valence-electron chi connectivity index (χ0n) is 42.0. The van der Waals surface area contributed by atoms with E-state index in [1.165, 1.54) is 106 Å². The fourth-order valence-corrected chi connectivity index (χ4v) is 15.2. The normalized spacial score (nSPS) is 12.6. The number of rotatable bonds is 10. The van der Waals surface area contributed by atoms with Crippen molar-refractivity contribution in [2.24, 2.45) is 0 Å². The van der Waals surface area contributed by atoms with E-state index >= 15 is 0 Å². The van der Waals surface area contributed by atoms with Gasteiger partial charge in [-0.25, -0.2) is 0 Å². The van der Waals surface area contributed by atoms with Crippen molar-refractivity contribution >= 4 is 79.5 Å². The smallest absolute Gasteiger partial charge is 0.0727 e. The summed E-state index contributed by atoms with van der Waals surface area (Å²) in [5, 5.41) is 0. The number of benzene rings is 8. The highest BCUT2D eigenvalue weighted by atomic mass is 32.1. The van der Waals surface area contributed by atoms with Crippen LogP contribution in [0.3, 0.4) is 0 Å². The summed E-state index contributed by atoms with van der Waals surface area (Å²) in [6, 6.07) is 87.2. The van der Waals surface area contributed by atoms with Gasteiger partial charge in [-0.15, -0.1) is 45.3 Å². The lowest BCUT2D eigenvalue weighted by Gasteiger charge is -2.33. The fraction of sp³-hybridized carbons (Fsp3) is 0.0725. The molecule has 2 aliphatic rings. The van der Waals surface area contributed by atoms with E-state index < -0.39 is 5.41 Å². The van der Waals surface area contributed by atoms with Crippen molar-refractivity contribution < 1.29 is 0 Å². The first-order chi connectivity index (χ1) is 36.8. The van der Waals surface area contributed by atoms with Crippen LogP contribution in [0.5, 0.6) is 0 Å². The SMILES string of the molecule is Cc1ccc(-c2ccc(N(c3ccc(-c4ccc(C)s4)cc3)c3ccc4c(c3)C3(c5ccccc5-c5ccccc53)c3cc(N(c5ccc(-c6ccc(C)s6)cc5)c5ccc(-c6ccc(C)s6)cc5)ccc3-4)cc2)s1. The molecule has 360 valence electrons. The Hall–Kier alpha value is -7.84. The second kappa shape index (κ2) is 18.2. The molecule has 0 N–H and O–H groups in total. The number of anilines is 6. The molecule has 2 nitrogen and oxygen atoms in total. The molecule has 4 heterocycles. The highest BCUT2D eigenvalue weighted by Crippen LogP contribution is 2.64. The van der Waals surface area contributed by atoms with Gasteiger partial charge in [0.1, 0.15) is 0 Å². The Kier molecular flexibility index (Phi) is 11.1. The number of nitrogens with zero attached hydrogens (tertiary/aromatic N) is 2. The Balaban J connectivity index is 0.955. The summed E-state index contributed by atoms with van der Waals surface area (Å²) in [6.07, 6.45) is 0. The van der Waals surface area contributed by atoms with Crippen LogP contribution >= 0.6 is 45.3 Å². The fourth-order valence-electron chi connectivity index (χ4n) is 11.7. The molecule has 0 amide bonds. The van der Waals surface area contributed by atoms with Gasteiger partial charge in [0.2, 0.25) is 0 Å². The second-order valence-corrected chi connectivity index (χ2v) is 25.0. The van der Waals surface area contributed by atoms with Gasteiger partial charge in [0.25, 0.3) is 0 Å². The molecule has 2 aliphatic carbocycles. The molecule has 6 heteroatoms. The van der Waals surface area contributed by atoms with Gasteiger partial charge in [-0.3, -0.25) is 0 Å². The number of aryl methyl sites for hydroxylation is 4. The largest absolute Gasteiger partial charge is 0.310 e. The summed E-state index contributed by atoms with van der Waals surface area (Å²) >= 11 is 7.37. The van der Waals surface area contributed by atoms with Crippen LogP contribution in [0.2, 0.25) is 0 Å². The summed E-state index contributed by atoms with van der Waals surface area (Å²) in [5.74, 6) is 0. The first-order valence-electron chi connectivity index (χ1n) is 25.5. The third kappa shape index (κ3) is 7.69. The maximum Gasteiger partial charge on any atom is 0.0727 e. The van der Waals surface area contributed by atoms with E-state index in [0.717, 1.165) is 34.1 Å². The standard InChI is InChI=1S/C69H50N2S4/c1-43-13-37-65(72-43)47-17-25-51(26-18-47)70(52-27-19-48(20-28-52)66-38-14-44(2)73-66)55-33-35-59-60-36-34-56(42-64(60)69(63(59)41-55)61-11-7-5-9-57(61)58-10-6-8-12-62(58)69)71(53-29-21-49(22-30-53)67-39-15-45(3)74-67)54-31-23-50(24-32-54)68-40-16-46(4)75-68/h5-42H,1-4H3. The summed E-state index contributed by atoms with van der Waals surface area (Å²) in [5.41, 5.74) is 21.3. The quantitative estimate of drug-likeness (QED) is 0.135. The van der Waals surface area contributed by atoms with E-state index in [0.29, 0.717) is 0 Å². The minimum atomic E-state index is -0.592. The lowest BCUT2D eigenvalue weighted by molar-refractivity contribution is 0.793. The van der Waals surface area contributed by atoms with Crippen molar-refractivity contribution in [3.8, 4) is 64.0 Å². The molecule has 0 fully saturated rings. The summed E-state index contributed by atoms with van der Waals surface area (Å²) < 4.78 is 0. The zero-order chi connectivity index (χ0) is 50.4. The lowest BCUT2D eigenvalue weighted by Crippen LogP contribution is -2.26. The lowest BCUT2D eigenvalue weighted by atomic mass is 9.70. The van der Waals surface area contributed by atoms with E-state index in [4.69, 9.17) is 0 Å². The van der Waals surface area contributed by atoms with Gasteiger partial charge in [0.05, 0.1) is 5.41 Å². The predicted molar refractivity (Wildman–Crippen MR) is 324 cm³/mol. The van der Waals surface area contributed by atoms with E-state index in [1.54, 1.807) is 0 Å². The van der Waals surface area contributed by atoms with Crippen LogP contribution in [0.1, 0.15) is 41.8 Å². The molecule has 12 aromatic rings. The molecule has 8 aromatic carbocycles. The Bertz CT molecular complexity index is 3670. The van der Waals surface area contributed by atoms with Crippen molar-refractivity contribution in [2.75, 3.05) is 9.80 Å². The monoisotopic (exact) mass is 1030 g/mol. The first-order valence-corrected chi connectivity index (χ1v) is 28.8. The highest BCUT2D eigenvalue weighted by molar-refractivity contribution is 7.16. The molecule has 0 saturated carbocycles. The summed E-state index contributed by atoms with van der Waals surface area (Å²) in [6.45, 7) is 8.72. The van der Waals surface area contributed by atoms with Crippen molar-refractivity contribution in [3.05, 3.63) is 272 Å². The van der Waals surface area contributed by atoms with Crippen LogP contribution in [-0.2, 0) is 5.41 Å². The molecule has 14 rings (SSSR count). The number of thiophene rings is 4. The van der Waals surface area contributed by atoms with E-state index in [9.17, 15) is 0 Å². The molecule has 4 aromatic heterocycles. The van der Waals surface area contributed by atoms with Crippen LogP contribution in [0.15, 0.2) is 231 Å². The molecule has 75 heavy (non-hydrogen) atoms. The summed E-state index contributed by atoms with van der Waals surface area (Å²) in [7, 11) is 0.